The predicted molar refractivity (Wildman–Crippen MR) is 104 cm³/mol. The molecule has 1 aromatic carbocycles. The highest BCUT2D eigenvalue weighted by molar-refractivity contribution is 7.22. The summed E-state index contributed by atoms with van der Waals surface area (Å²) in [5.74, 6) is 0.712. The number of aromatic amines is 1. The van der Waals surface area contributed by atoms with Crippen LogP contribution in [0, 0.1) is 0 Å². The Morgan fingerprint density at radius 2 is 1.96 bits per heavy atom. The Bertz CT molecular complexity index is 926. The van der Waals surface area contributed by atoms with Crippen molar-refractivity contribution in [3.8, 4) is 10.4 Å². The van der Waals surface area contributed by atoms with Crippen molar-refractivity contribution in [2.75, 3.05) is 0 Å². The topological polar surface area (TPSA) is 57.8 Å². The zero-order valence-electron chi connectivity index (χ0n) is 13.8. The molecule has 3 aromatic rings. The summed E-state index contributed by atoms with van der Waals surface area (Å²) in [5, 5.41) is 4.24. The molecule has 0 unspecified atom stereocenters. The van der Waals surface area contributed by atoms with Crippen molar-refractivity contribution >= 4 is 33.2 Å². The zero-order valence-corrected chi connectivity index (χ0v) is 15.4. The number of benzene rings is 1. The van der Waals surface area contributed by atoms with Gasteiger partial charge in [-0.1, -0.05) is 43.0 Å². The van der Waals surface area contributed by atoms with Crippen molar-refractivity contribution in [3.05, 3.63) is 51.5 Å². The predicted octanol–water partition coefficient (Wildman–Crippen LogP) is 4.73. The molecule has 2 aromatic heterocycles. The molecule has 0 bridgehead atoms. The van der Waals surface area contributed by atoms with E-state index in [0.717, 1.165) is 16.0 Å². The van der Waals surface area contributed by atoms with E-state index in [1.54, 1.807) is 0 Å². The zero-order chi connectivity index (χ0) is 17.2. The number of nitrogens with zero attached hydrogens (tertiary/aromatic N) is 1. The monoisotopic (exact) mass is 373 g/mol. The number of nitrogens with one attached hydrogen (secondary N) is 2. The average molecular weight is 374 g/mol. The smallest absolute Gasteiger partial charge is 0.268 e. The first-order valence-electron chi connectivity index (χ1n) is 8.71. The Balaban J connectivity index is 1.58. The third-order valence-corrected chi connectivity index (χ3v) is 6.15. The molecule has 2 heterocycles. The van der Waals surface area contributed by atoms with E-state index in [2.05, 4.69) is 15.3 Å². The molecule has 1 saturated carbocycles. The van der Waals surface area contributed by atoms with Crippen LogP contribution in [0.25, 0.3) is 20.7 Å². The minimum absolute atomic E-state index is 0.0596. The third-order valence-electron chi connectivity index (χ3n) is 4.72. The van der Waals surface area contributed by atoms with Crippen LogP contribution < -0.4 is 10.9 Å². The first kappa shape index (κ1) is 16.8. The van der Waals surface area contributed by atoms with Gasteiger partial charge in [-0.2, -0.15) is 0 Å². The summed E-state index contributed by atoms with van der Waals surface area (Å²) < 4.78 is 0.673. The van der Waals surface area contributed by atoms with Crippen molar-refractivity contribution in [1.29, 1.82) is 0 Å². The fourth-order valence-electron chi connectivity index (χ4n) is 3.38. The lowest BCUT2D eigenvalue weighted by atomic mass is 9.95. The molecule has 0 aliphatic heterocycles. The van der Waals surface area contributed by atoms with Crippen molar-refractivity contribution in [3.63, 3.8) is 0 Å². The molecule has 0 radical (unpaired) electrons. The molecule has 6 heteroatoms. The molecular weight excluding hydrogens is 354 g/mol. The number of rotatable bonds is 4. The highest BCUT2D eigenvalue weighted by Crippen LogP contribution is 2.31. The minimum Gasteiger partial charge on any atom is -0.308 e. The molecule has 4 rings (SSSR count). The largest absolute Gasteiger partial charge is 0.308 e. The highest BCUT2D eigenvalue weighted by Gasteiger charge is 2.14. The second-order valence-electron chi connectivity index (χ2n) is 6.56. The number of hydrogen-bond donors (Lipinski definition) is 2. The fraction of sp³-hybridized carbons (Fsp3) is 0.368. The maximum Gasteiger partial charge on any atom is 0.268 e. The van der Waals surface area contributed by atoms with Crippen LogP contribution >= 0.6 is 22.9 Å². The molecule has 0 amide bonds. The molecular formula is C19H20ClN3OS. The van der Waals surface area contributed by atoms with Gasteiger partial charge in [0.25, 0.3) is 5.56 Å². The van der Waals surface area contributed by atoms with Crippen molar-refractivity contribution in [2.24, 2.45) is 0 Å². The average Bonchev–Trinajstić information content (AvgIpc) is 3.06. The summed E-state index contributed by atoms with van der Waals surface area (Å²) in [6, 6.07) is 10.2. The van der Waals surface area contributed by atoms with Gasteiger partial charge in [0.2, 0.25) is 0 Å². The lowest BCUT2D eigenvalue weighted by Gasteiger charge is -2.22. The van der Waals surface area contributed by atoms with Gasteiger partial charge in [0.15, 0.2) is 0 Å². The van der Waals surface area contributed by atoms with Crippen LogP contribution in [-0.2, 0) is 6.54 Å². The highest BCUT2D eigenvalue weighted by atomic mass is 35.5. The molecule has 0 saturated heterocycles. The van der Waals surface area contributed by atoms with Crippen molar-refractivity contribution < 1.29 is 0 Å². The van der Waals surface area contributed by atoms with Crippen molar-refractivity contribution in [2.45, 2.75) is 44.7 Å². The van der Waals surface area contributed by atoms with Crippen LogP contribution in [0.2, 0.25) is 5.02 Å². The van der Waals surface area contributed by atoms with Gasteiger partial charge in [-0.25, -0.2) is 4.98 Å². The Labute approximate surface area is 155 Å². The second kappa shape index (κ2) is 7.28. The first-order chi connectivity index (χ1) is 12.2. The Hall–Kier alpha value is -1.69. The molecule has 1 aliphatic rings. The fourth-order valence-corrected chi connectivity index (χ4v) is 4.50. The summed E-state index contributed by atoms with van der Waals surface area (Å²) >= 11 is 7.42. The van der Waals surface area contributed by atoms with Gasteiger partial charge in [-0.05, 0) is 36.6 Å². The van der Waals surface area contributed by atoms with Gasteiger partial charge in [0.05, 0.1) is 12.1 Å². The lowest BCUT2D eigenvalue weighted by molar-refractivity contribution is 0.369. The summed E-state index contributed by atoms with van der Waals surface area (Å²) in [4.78, 5) is 21.0. The molecule has 130 valence electrons. The van der Waals surface area contributed by atoms with E-state index in [9.17, 15) is 4.79 Å². The van der Waals surface area contributed by atoms with E-state index in [0.29, 0.717) is 28.1 Å². The van der Waals surface area contributed by atoms with E-state index in [1.807, 2.05) is 30.3 Å². The lowest BCUT2D eigenvalue weighted by Crippen LogP contribution is -2.31. The number of halogens is 1. The molecule has 1 fully saturated rings. The quantitative estimate of drug-likeness (QED) is 0.695. The molecule has 25 heavy (non-hydrogen) atoms. The second-order valence-corrected chi connectivity index (χ2v) is 8.05. The molecule has 1 aliphatic carbocycles. The maximum atomic E-state index is 12.4. The van der Waals surface area contributed by atoms with E-state index < -0.39 is 0 Å². The molecule has 0 atom stereocenters. The standard InChI is InChI=1S/C19H20ClN3OS/c20-13-8-6-12(7-9-13)16-10-15-18(25-16)19(24)23-17(22-15)11-21-14-4-2-1-3-5-14/h6-10,14,21H,1-5,11H2,(H,22,23,24). The van der Waals surface area contributed by atoms with Crippen LogP contribution in [0.15, 0.2) is 35.1 Å². The Morgan fingerprint density at radius 1 is 1.20 bits per heavy atom. The summed E-state index contributed by atoms with van der Waals surface area (Å²) in [6.45, 7) is 0.613. The van der Waals surface area contributed by atoms with Gasteiger partial charge < -0.3 is 10.3 Å². The first-order valence-corrected chi connectivity index (χ1v) is 9.90. The number of hydrogen-bond acceptors (Lipinski definition) is 4. The third kappa shape index (κ3) is 3.78. The summed E-state index contributed by atoms with van der Waals surface area (Å²) in [7, 11) is 0. The molecule has 2 N–H and O–H groups in total. The Kier molecular flexibility index (Phi) is 4.88. The van der Waals surface area contributed by atoms with Crippen LogP contribution in [-0.4, -0.2) is 16.0 Å². The van der Waals surface area contributed by atoms with Crippen LogP contribution in [0.4, 0.5) is 0 Å². The van der Waals surface area contributed by atoms with Crippen molar-refractivity contribution in [1.82, 2.24) is 15.3 Å². The normalized spacial score (nSPS) is 15.7. The van der Waals surface area contributed by atoms with E-state index in [-0.39, 0.29) is 5.56 Å². The van der Waals surface area contributed by atoms with Crippen LogP contribution in [0.3, 0.4) is 0 Å². The van der Waals surface area contributed by atoms with Crippen LogP contribution in [0.1, 0.15) is 37.9 Å². The molecule has 0 spiro atoms. The van der Waals surface area contributed by atoms with Gasteiger partial charge in [-0.15, -0.1) is 11.3 Å². The number of H-pyrrole nitrogens is 1. The minimum atomic E-state index is -0.0596. The summed E-state index contributed by atoms with van der Waals surface area (Å²) in [6.07, 6.45) is 6.34. The maximum absolute atomic E-state index is 12.4. The summed E-state index contributed by atoms with van der Waals surface area (Å²) in [5.41, 5.74) is 1.75. The van der Waals surface area contributed by atoms with Crippen LogP contribution in [0.5, 0.6) is 0 Å². The number of fused-ring (bicyclic) bond motifs is 1. The van der Waals surface area contributed by atoms with E-state index in [1.165, 1.54) is 43.4 Å². The number of thiophene rings is 1. The van der Waals surface area contributed by atoms with Gasteiger partial charge in [0.1, 0.15) is 10.5 Å². The number of aromatic nitrogens is 2. The van der Waals surface area contributed by atoms with Gasteiger partial charge >= 0.3 is 0 Å². The van der Waals surface area contributed by atoms with E-state index >= 15 is 0 Å². The SMILES string of the molecule is O=c1[nH]c(CNC2CCCCC2)nc2cc(-c3ccc(Cl)cc3)sc12. The van der Waals surface area contributed by atoms with Gasteiger partial charge in [-0.3, -0.25) is 4.79 Å². The molecule has 4 nitrogen and oxygen atoms in total. The van der Waals surface area contributed by atoms with Gasteiger partial charge in [0, 0.05) is 15.9 Å². The Morgan fingerprint density at radius 3 is 2.72 bits per heavy atom. The van der Waals surface area contributed by atoms with E-state index in [4.69, 9.17) is 11.6 Å².